The molecule has 118 valence electrons. The Balaban J connectivity index is 2.13. The summed E-state index contributed by atoms with van der Waals surface area (Å²) in [5.41, 5.74) is 1.84. The monoisotopic (exact) mass is 337 g/mol. The van der Waals surface area contributed by atoms with E-state index in [-0.39, 0.29) is 17.4 Å². The third-order valence-electron chi connectivity index (χ3n) is 3.28. The summed E-state index contributed by atoms with van der Waals surface area (Å²) in [5, 5.41) is 4.64. The summed E-state index contributed by atoms with van der Waals surface area (Å²) in [6.07, 6.45) is 0. The predicted octanol–water partition coefficient (Wildman–Crippen LogP) is 2.97. The first-order valence-electron chi connectivity index (χ1n) is 7.07. The molecule has 1 heterocycles. The van der Waals surface area contributed by atoms with Gasteiger partial charge in [-0.05, 0) is 23.9 Å². The van der Waals surface area contributed by atoms with E-state index in [1.807, 2.05) is 41.8 Å². The van der Waals surface area contributed by atoms with Crippen molar-refractivity contribution in [2.75, 3.05) is 11.5 Å². The smallest absolute Gasteiger partial charge is 0.262 e. The summed E-state index contributed by atoms with van der Waals surface area (Å²) in [6.45, 7) is 3.32. The maximum Gasteiger partial charge on any atom is 0.262 e. The number of benzene rings is 1. The van der Waals surface area contributed by atoms with Crippen molar-refractivity contribution >= 4 is 27.1 Å². The topological polar surface area (TPSA) is 63.2 Å². The maximum absolute atomic E-state index is 12.4. The third kappa shape index (κ3) is 4.18. The number of carbonyl (C=O) groups excluding carboxylic acids is 1. The summed E-state index contributed by atoms with van der Waals surface area (Å²) in [7, 11) is -3.11. The van der Waals surface area contributed by atoms with Crippen LogP contribution in [0.4, 0.5) is 0 Å². The summed E-state index contributed by atoms with van der Waals surface area (Å²) >= 11 is 1.36. The molecule has 0 saturated carbocycles. The number of rotatable bonds is 6. The molecule has 0 saturated heterocycles. The Morgan fingerprint density at radius 1 is 1.23 bits per heavy atom. The second-order valence-electron chi connectivity index (χ2n) is 5.10. The Kier molecular flexibility index (Phi) is 5.37. The van der Waals surface area contributed by atoms with Gasteiger partial charge in [0.2, 0.25) is 0 Å². The van der Waals surface area contributed by atoms with E-state index >= 15 is 0 Å². The molecular weight excluding hydrogens is 318 g/mol. The van der Waals surface area contributed by atoms with Gasteiger partial charge < -0.3 is 5.32 Å². The summed E-state index contributed by atoms with van der Waals surface area (Å²) < 4.78 is 23.2. The van der Waals surface area contributed by atoms with Crippen molar-refractivity contribution in [1.29, 1.82) is 0 Å². The zero-order chi connectivity index (χ0) is 16.2. The second kappa shape index (κ2) is 7.07. The van der Waals surface area contributed by atoms with Gasteiger partial charge in [-0.3, -0.25) is 4.79 Å². The molecule has 1 aromatic carbocycles. The van der Waals surface area contributed by atoms with Gasteiger partial charge in [0.25, 0.3) is 5.91 Å². The van der Waals surface area contributed by atoms with Crippen LogP contribution in [0.25, 0.3) is 11.1 Å². The first-order chi connectivity index (χ1) is 10.4. The second-order valence-corrected chi connectivity index (χ2v) is 8.42. The van der Waals surface area contributed by atoms with E-state index < -0.39 is 15.9 Å². The molecule has 1 atom stereocenters. The number of carbonyl (C=O) groups is 1. The Labute approximate surface area is 135 Å². The Bertz CT molecular complexity index is 736. The fourth-order valence-electron chi connectivity index (χ4n) is 2.16. The molecule has 2 aromatic rings. The lowest BCUT2D eigenvalue weighted by Gasteiger charge is -2.13. The molecule has 0 radical (unpaired) electrons. The van der Waals surface area contributed by atoms with Crippen molar-refractivity contribution in [3.05, 3.63) is 46.7 Å². The molecule has 0 aliphatic heterocycles. The first-order valence-corrected chi connectivity index (χ1v) is 9.77. The van der Waals surface area contributed by atoms with E-state index in [4.69, 9.17) is 0 Å². The van der Waals surface area contributed by atoms with Crippen LogP contribution in [0, 0.1) is 0 Å². The number of thiophene rings is 1. The van der Waals surface area contributed by atoms with Crippen LogP contribution in [0.15, 0.2) is 41.8 Å². The van der Waals surface area contributed by atoms with E-state index in [9.17, 15) is 13.2 Å². The summed E-state index contributed by atoms with van der Waals surface area (Å²) in [5.74, 6) is -0.185. The van der Waals surface area contributed by atoms with E-state index in [1.54, 1.807) is 13.8 Å². The molecule has 1 aromatic heterocycles. The van der Waals surface area contributed by atoms with Crippen molar-refractivity contribution < 1.29 is 13.2 Å². The molecule has 0 fully saturated rings. The minimum Gasteiger partial charge on any atom is -0.348 e. The zero-order valence-electron chi connectivity index (χ0n) is 12.6. The minimum atomic E-state index is -3.11. The molecule has 0 aliphatic carbocycles. The van der Waals surface area contributed by atoms with Gasteiger partial charge in [-0.15, -0.1) is 11.3 Å². The summed E-state index contributed by atoms with van der Waals surface area (Å²) in [6, 6.07) is 11.2. The standard InChI is InChI=1S/C16H19NO3S2/c1-3-22(19,20)11-12(2)17-16(18)15-14(9-10-21-15)13-7-5-4-6-8-13/h4-10,12H,3,11H2,1-2H3,(H,17,18). The number of hydrogen-bond donors (Lipinski definition) is 1. The van der Waals surface area contributed by atoms with Crippen LogP contribution in [0.5, 0.6) is 0 Å². The highest BCUT2D eigenvalue weighted by atomic mass is 32.2. The molecule has 4 nitrogen and oxygen atoms in total. The van der Waals surface area contributed by atoms with Gasteiger partial charge >= 0.3 is 0 Å². The highest BCUT2D eigenvalue weighted by Crippen LogP contribution is 2.28. The van der Waals surface area contributed by atoms with E-state index in [0.717, 1.165) is 11.1 Å². The third-order valence-corrected chi connectivity index (χ3v) is 6.08. The van der Waals surface area contributed by atoms with Gasteiger partial charge in [0.15, 0.2) is 9.84 Å². The van der Waals surface area contributed by atoms with Crippen molar-refractivity contribution in [2.24, 2.45) is 0 Å². The van der Waals surface area contributed by atoms with E-state index in [1.165, 1.54) is 11.3 Å². The lowest BCUT2D eigenvalue weighted by atomic mass is 10.1. The highest BCUT2D eigenvalue weighted by Gasteiger charge is 2.19. The van der Waals surface area contributed by atoms with Gasteiger partial charge in [0, 0.05) is 17.4 Å². The zero-order valence-corrected chi connectivity index (χ0v) is 14.2. The molecule has 1 amide bonds. The van der Waals surface area contributed by atoms with Crippen LogP contribution in [0.2, 0.25) is 0 Å². The SMILES string of the molecule is CCS(=O)(=O)CC(C)NC(=O)c1sccc1-c1ccccc1. The molecule has 1 unspecified atom stereocenters. The number of nitrogens with one attached hydrogen (secondary N) is 1. The largest absolute Gasteiger partial charge is 0.348 e. The molecule has 2 rings (SSSR count). The van der Waals surface area contributed by atoms with E-state index in [2.05, 4.69) is 5.32 Å². The predicted molar refractivity (Wildman–Crippen MR) is 91.0 cm³/mol. The summed E-state index contributed by atoms with van der Waals surface area (Å²) in [4.78, 5) is 13.0. The van der Waals surface area contributed by atoms with E-state index in [0.29, 0.717) is 4.88 Å². The van der Waals surface area contributed by atoms with Gasteiger partial charge in [-0.2, -0.15) is 0 Å². The molecule has 0 spiro atoms. The van der Waals surface area contributed by atoms with Crippen molar-refractivity contribution in [3.63, 3.8) is 0 Å². The van der Waals surface area contributed by atoms with Gasteiger partial charge in [-0.1, -0.05) is 37.3 Å². The lowest BCUT2D eigenvalue weighted by molar-refractivity contribution is 0.0948. The Hall–Kier alpha value is -1.66. The van der Waals surface area contributed by atoms with Crippen molar-refractivity contribution in [2.45, 2.75) is 19.9 Å². The minimum absolute atomic E-state index is 0.0404. The van der Waals surface area contributed by atoms with Crippen LogP contribution in [-0.2, 0) is 9.84 Å². The van der Waals surface area contributed by atoms with Crippen LogP contribution >= 0.6 is 11.3 Å². The average molecular weight is 337 g/mol. The van der Waals surface area contributed by atoms with Crippen LogP contribution in [0.1, 0.15) is 23.5 Å². The van der Waals surface area contributed by atoms with Gasteiger partial charge in [0.1, 0.15) is 0 Å². The molecule has 22 heavy (non-hydrogen) atoms. The first kappa shape index (κ1) is 16.7. The molecule has 1 N–H and O–H groups in total. The quantitative estimate of drug-likeness (QED) is 0.881. The van der Waals surface area contributed by atoms with Gasteiger partial charge in [-0.25, -0.2) is 8.42 Å². The van der Waals surface area contributed by atoms with Crippen LogP contribution in [0.3, 0.4) is 0 Å². The molecule has 6 heteroatoms. The number of sulfone groups is 1. The van der Waals surface area contributed by atoms with Crippen molar-refractivity contribution in [3.8, 4) is 11.1 Å². The Morgan fingerprint density at radius 3 is 2.55 bits per heavy atom. The fraction of sp³-hybridized carbons (Fsp3) is 0.312. The number of amides is 1. The molecular formula is C16H19NO3S2. The highest BCUT2D eigenvalue weighted by molar-refractivity contribution is 7.91. The normalized spacial score (nSPS) is 12.8. The molecule has 0 aliphatic rings. The van der Waals surface area contributed by atoms with Crippen molar-refractivity contribution in [1.82, 2.24) is 5.32 Å². The number of hydrogen-bond acceptors (Lipinski definition) is 4. The fourth-order valence-corrected chi connectivity index (χ4v) is 4.06. The lowest BCUT2D eigenvalue weighted by Crippen LogP contribution is -2.37. The Morgan fingerprint density at radius 2 is 1.91 bits per heavy atom. The van der Waals surface area contributed by atoms with Crippen LogP contribution in [-0.4, -0.2) is 31.9 Å². The van der Waals surface area contributed by atoms with Crippen LogP contribution < -0.4 is 5.32 Å². The molecule has 0 bridgehead atoms. The van der Waals surface area contributed by atoms with Gasteiger partial charge in [0.05, 0.1) is 10.6 Å². The average Bonchev–Trinajstić information content (AvgIpc) is 2.97. The maximum atomic E-state index is 12.4.